The Kier molecular flexibility index (Phi) is 3.82. The molecule has 4 rings (SSSR count). The highest BCUT2D eigenvalue weighted by molar-refractivity contribution is 7.15. The highest BCUT2D eigenvalue weighted by Crippen LogP contribution is 2.22. The summed E-state index contributed by atoms with van der Waals surface area (Å²) >= 11 is 1.48. The summed E-state index contributed by atoms with van der Waals surface area (Å²) in [5, 5.41) is 3.47. The number of aryl methyl sites for hydroxylation is 2. The minimum atomic E-state index is -0.180. The monoisotopic (exact) mass is 348 g/mol. The van der Waals surface area contributed by atoms with Crippen LogP contribution in [-0.4, -0.2) is 20.3 Å². The van der Waals surface area contributed by atoms with Gasteiger partial charge in [-0.25, -0.2) is 9.97 Å². The van der Waals surface area contributed by atoms with Crippen LogP contribution in [0.25, 0.3) is 16.9 Å². The van der Waals surface area contributed by atoms with Gasteiger partial charge in [0.2, 0.25) is 0 Å². The first-order chi connectivity index (χ1) is 12.1. The molecule has 1 aromatic carbocycles. The molecule has 5 nitrogen and oxygen atoms in total. The van der Waals surface area contributed by atoms with Crippen LogP contribution in [0.5, 0.6) is 0 Å². The largest absolute Gasteiger partial charge is 0.306 e. The topological polar surface area (TPSA) is 59.3 Å². The van der Waals surface area contributed by atoms with Gasteiger partial charge < -0.3 is 4.40 Å². The summed E-state index contributed by atoms with van der Waals surface area (Å²) in [7, 11) is 0. The first-order valence-corrected chi connectivity index (χ1v) is 8.71. The number of thiazole rings is 1. The molecular weight excluding hydrogens is 332 g/mol. The SMILES string of the molecule is Cc1nc(NC(=O)c2ccn3cc(-c4ccccc4)nc3c2)sc1C. The number of fused-ring (bicyclic) bond motifs is 1. The van der Waals surface area contributed by atoms with Gasteiger partial charge in [0.05, 0.1) is 11.4 Å². The predicted octanol–water partition coefficient (Wildman–Crippen LogP) is 4.33. The van der Waals surface area contributed by atoms with Crippen LogP contribution in [0.1, 0.15) is 20.9 Å². The first kappa shape index (κ1) is 15.5. The molecule has 4 aromatic rings. The van der Waals surface area contributed by atoms with Crippen molar-refractivity contribution in [2.45, 2.75) is 13.8 Å². The van der Waals surface area contributed by atoms with Crippen molar-refractivity contribution in [2.24, 2.45) is 0 Å². The molecule has 0 aliphatic heterocycles. The normalized spacial score (nSPS) is 11.0. The molecule has 3 aromatic heterocycles. The fourth-order valence-corrected chi connectivity index (χ4v) is 3.38. The van der Waals surface area contributed by atoms with Gasteiger partial charge in [-0.15, -0.1) is 11.3 Å². The molecular formula is C19H16N4OS. The van der Waals surface area contributed by atoms with Gasteiger partial charge in [-0.05, 0) is 26.0 Å². The van der Waals surface area contributed by atoms with E-state index in [9.17, 15) is 4.79 Å². The molecule has 0 fully saturated rings. The van der Waals surface area contributed by atoms with Gasteiger partial charge in [-0.1, -0.05) is 30.3 Å². The lowest BCUT2D eigenvalue weighted by Gasteiger charge is -2.02. The summed E-state index contributed by atoms with van der Waals surface area (Å²) in [6, 6.07) is 13.5. The number of anilines is 1. The van der Waals surface area contributed by atoms with Crippen molar-refractivity contribution in [3.8, 4) is 11.3 Å². The van der Waals surface area contributed by atoms with E-state index in [0.717, 1.165) is 27.5 Å². The summed E-state index contributed by atoms with van der Waals surface area (Å²) in [6.07, 6.45) is 3.81. The molecule has 0 aliphatic carbocycles. The highest BCUT2D eigenvalue weighted by Gasteiger charge is 2.12. The summed E-state index contributed by atoms with van der Waals surface area (Å²) in [5.74, 6) is -0.180. The van der Waals surface area contributed by atoms with Crippen LogP contribution in [0, 0.1) is 13.8 Å². The van der Waals surface area contributed by atoms with Gasteiger partial charge >= 0.3 is 0 Å². The molecule has 0 saturated heterocycles. The fourth-order valence-electron chi connectivity index (χ4n) is 2.57. The van der Waals surface area contributed by atoms with E-state index in [4.69, 9.17) is 0 Å². The molecule has 0 saturated carbocycles. The molecule has 25 heavy (non-hydrogen) atoms. The van der Waals surface area contributed by atoms with Gasteiger partial charge in [0.15, 0.2) is 5.13 Å². The standard InChI is InChI=1S/C19H16N4OS/c1-12-13(2)25-19(20-12)22-18(24)15-8-9-23-11-16(21-17(23)10-15)14-6-4-3-5-7-14/h3-11H,1-2H3,(H,20,22,24). The highest BCUT2D eigenvalue weighted by atomic mass is 32.1. The van der Waals surface area contributed by atoms with Crippen LogP contribution < -0.4 is 5.32 Å². The Morgan fingerprint density at radius 3 is 2.64 bits per heavy atom. The van der Waals surface area contributed by atoms with Crippen molar-refractivity contribution < 1.29 is 4.79 Å². The van der Waals surface area contributed by atoms with E-state index in [1.165, 1.54) is 11.3 Å². The minimum absolute atomic E-state index is 0.180. The number of imidazole rings is 1. The number of pyridine rings is 1. The molecule has 0 radical (unpaired) electrons. The number of hydrogen-bond acceptors (Lipinski definition) is 4. The van der Waals surface area contributed by atoms with Crippen molar-refractivity contribution in [2.75, 3.05) is 5.32 Å². The molecule has 6 heteroatoms. The number of nitrogens with one attached hydrogen (secondary N) is 1. The Labute approximate surface area is 149 Å². The van der Waals surface area contributed by atoms with E-state index in [-0.39, 0.29) is 5.91 Å². The van der Waals surface area contributed by atoms with E-state index in [0.29, 0.717) is 10.7 Å². The zero-order valence-corrected chi connectivity index (χ0v) is 14.7. The average molecular weight is 348 g/mol. The van der Waals surface area contributed by atoms with Crippen molar-refractivity contribution >= 4 is 28.0 Å². The molecule has 124 valence electrons. The molecule has 1 N–H and O–H groups in total. The number of aromatic nitrogens is 3. The number of carbonyl (C=O) groups excluding carboxylic acids is 1. The smallest absolute Gasteiger partial charge is 0.257 e. The average Bonchev–Trinajstić information content (AvgIpc) is 3.18. The minimum Gasteiger partial charge on any atom is -0.306 e. The molecule has 0 spiro atoms. The van der Waals surface area contributed by atoms with Crippen molar-refractivity contribution in [3.05, 3.63) is 71.0 Å². The summed E-state index contributed by atoms with van der Waals surface area (Å²) in [6.45, 7) is 3.92. The van der Waals surface area contributed by atoms with Gasteiger partial charge in [0.1, 0.15) is 5.65 Å². The second-order valence-electron chi connectivity index (χ2n) is 5.79. The molecule has 3 heterocycles. The van der Waals surface area contributed by atoms with Crippen LogP contribution in [0.4, 0.5) is 5.13 Å². The zero-order valence-electron chi connectivity index (χ0n) is 13.9. The first-order valence-electron chi connectivity index (χ1n) is 7.90. The lowest BCUT2D eigenvalue weighted by molar-refractivity contribution is 0.102. The van der Waals surface area contributed by atoms with Crippen molar-refractivity contribution in [3.63, 3.8) is 0 Å². The number of rotatable bonds is 3. The Morgan fingerprint density at radius 1 is 1.12 bits per heavy atom. The predicted molar refractivity (Wildman–Crippen MR) is 100 cm³/mol. The second kappa shape index (κ2) is 6.14. The molecule has 1 amide bonds. The number of carbonyl (C=O) groups is 1. The van der Waals surface area contributed by atoms with Crippen molar-refractivity contribution in [1.29, 1.82) is 0 Å². The number of nitrogens with zero attached hydrogens (tertiary/aromatic N) is 3. The number of hydrogen-bond donors (Lipinski definition) is 1. The summed E-state index contributed by atoms with van der Waals surface area (Å²) in [5.41, 5.74) is 4.16. The van der Waals surface area contributed by atoms with E-state index >= 15 is 0 Å². The van der Waals surface area contributed by atoms with Crippen molar-refractivity contribution in [1.82, 2.24) is 14.4 Å². The lowest BCUT2D eigenvalue weighted by atomic mass is 10.2. The maximum Gasteiger partial charge on any atom is 0.257 e. The molecule has 0 unspecified atom stereocenters. The quantitative estimate of drug-likeness (QED) is 0.599. The van der Waals surface area contributed by atoms with Gasteiger partial charge in [0.25, 0.3) is 5.91 Å². The van der Waals surface area contributed by atoms with Crippen LogP contribution in [0.2, 0.25) is 0 Å². The third kappa shape index (κ3) is 3.04. The zero-order chi connectivity index (χ0) is 17.4. The van der Waals surface area contributed by atoms with E-state index in [1.807, 2.05) is 61.0 Å². The van der Waals surface area contributed by atoms with Crippen LogP contribution >= 0.6 is 11.3 Å². The number of benzene rings is 1. The van der Waals surface area contributed by atoms with E-state index in [2.05, 4.69) is 15.3 Å². The Hall–Kier alpha value is -2.99. The van der Waals surface area contributed by atoms with Crippen LogP contribution in [0.15, 0.2) is 54.9 Å². The summed E-state index contributed by atoms with van der Waals surface area (Å²) < 4.78 is 1.91. The third-order valence-corrected chi connectivity index (χ3v) is 5.03. The Balaban J connectivity index is 1.63. The maximum atomic E-state index is 12.5. The van der Waals surface area contributed by atoms with Gasteiger partial charge in [0, 0.05) is 28.4 Å². The molecule has 0 bridgehead atoms. The lowest BCUT2D eigenvalue weighted by Crippen LogP contribution is -2.12. The third-order valence-electron chi connectivity index (χ3n) is 4.04. The Morgan fingerprint density at radius 2 is 1.92 bits per heavy atom. The Bertz CT molecular complexity index is 1050. The summed E-state index contributed by atoms with van der Waals surface area (Å²) in [4.78, 5) is 22.5. The number of amides is 1. The maximum absolute atomic E-state index is 12.5. The van der Waals surface area contributed by atoms with Crippen LogP contribution in [0.3, 0.4) is 0 Å². The second-order valence-corrected chi connectivity index (χ2v) is 6.99. The van der Waals surface area contributed by atoms with E-state index < -0.39 is 0 Å². The fraction of sp³-hybridized carbons (Fsp3) is 0.105. The molecule has 0 aliphatic rings. The molecule has 0 atom stereocenters. The van der Waals surface area contributed by atoms with Gasteiger partial charge in [-0.3, -0.25) is 10.1 Å². The van der Waals surface area contributed by atoms with Crippen LogP contribution in [-0.2, 0) is 0 Å². The van der Waals surface area contributed by atoms with E-state index in [1.54, 1.807) is 12.1 Å². The van der Waals surface area contributed by atoms with Gasteiger partial charge in [-0.2, -0.15) is 0 Å².